The van der Waals surface area contributed by atoms with Gasteiger partial charge in [0.25, 0.3) is 0 Å². The van der Waals surface area contributed by atoms with Crippen LogP contribution >= 0.6 is 0 Å². The van der Waals surface area contributed by atoms with Gasteiger partial charge in [-0.2, -0.15) is 0 Å². The Bertz CT molecular complexity index is 369. The van der Waals surface area contributed by atoms with Gasteiger partial charge in [-0.05, 0) is 56.1 Å². The number of pyridine rings is 1. The molecule has 0 spiro atoms. The molecule has 0 aliphatic heterocycles. The second kappa shape index (κ2) is 6.53. The van der Waals surface area contributed by atoms with Crippen LogP contribution < -0.4 is 0 Å². The van der Waals surface area contributed by atoms with Crippen molar-refractivity contribution in [3.05, 3.63) is 30.1 Å². The van der Waals surface area contributed by atoms with Crippen molar-refractivity contribution < 1.29 is 9.53 Å². The molecule has 0 N–H and O–H groups in total. The molecule has 1 saturated carbocycles. The molecule has 1 aliphatic rings. The molecule has 0 atom stereocenters. The molecule has 3 heteroatoms. The third kappa shape index (κ3) is 3.56. The van der Waals surface area contributed by atoms with Crippen molar-refractivity contribution in [1.29, 1.82) is 0 Å². The lowest BCUT2D eigenvalue weighted by molar-refractivity contribution is -0.144. The maximum Gasteiger partial charge on any atom is 0.306 e. The summed E-state index contributed by atoms with van der Waals surface area (Å²) in [5, 5.41) is 0. The first-order valence-corrected chi connectivity index (χ1v) is 6.85. The van der Waals surface area contributed by atoms with E-state index in [4.69, 9.17) is 4.74 Å². The summed E-state index contributed by atoms with van der Waals surface area (Å²) < 4.78 is 5.01. The molecule has 0 amide bonds. The van der Waals surface area contributed by atoms with Crippen molar-refractivity contribution in [3.63, 3.8) is 0 Å². The Hall–Kier alpha value is -1.38. The fourth-order valence-corrected chi connectivity index (χ4v) is 2.77. The van der Waals surface area contributed by atoms with Gasteiger partial charge < -0.3 is 4.74 Å². The quantitative estimate of drug-likeness (QED) is 0.766. The molecule has 18 heavy (non-hydrogen) atoms. The molecule has 0 aromatic carbocycles. The number of esters is 1. The molecule has 0 radical (unpaired) electrons. The predicted octanol–water partition coefficient (Wildman–Crippen LogP) is 3.31. The second-order valence-corrected chi connectivity index (χ2v) is 5.01. The van der Waals surface area contributed by atoms with Crippen molar-refractivity contribution in [3.8, 4) is 0 Å². The Kier molecular flexibility index (Phi) is 4.73. The topological polar surface area (TPSA) is 39.2 Å². The number of aromatic nitrogens is 1. The molecular weight excluding hydrogens is 226 g/mol. The Morgan fingerprint density at radius 3 is 2.78 bits per heavy atom. The third-order valence-electron chi connectivity index (χ3n) is 3.76. The SMILES string of the molecule is CCOC(=O)CC1CCC(c2cccnc2)CC1. The van der Waals surface area contributed by atoms with E-state index in [0.29, 0.717) is 24.9 Å². The summed E-state index contributed by atoms with van der Waals surface area (Å²) in [6.07, 6.45) is 8.95. The van der Waals surface area contributed by atoms with E-state index in [1.165, 1.54) is 5.56 Å². The van der Waals surface area contributed by atoms with E-state index in [-0.39, 0.29) is 5.97 Å². The van der Waals surface area contributed by atoms with Crippen LogP contribution in [-0.2, 0) is 9.53 Å². The highest BCUT2D eigenvalue weighted by Gasteiger charge is 2.24. The summed E-state index contributed by atoms with van der Waals surface area (Å²) >= 11 is 0. The molecule has 1 aromatic rings. The van der Waals surface area contributed by atoms with Crippen molar-refractivity contribution in [2.24, 2.45) is 5.92 Å². The third-order valence-corrected chi connectivity index (χ3v) is 3.76. The lowest BCUT2D eigenvalue weighted by Gasteiger charge is -2.28. The molecule has 1 aliphatic carbocycles. The number of carbonyl (C=O) groups is 1. The van der Waals surface area contributed by atoms with Gasteiger partial charge in [0.05, 0.1) is 6.61 Å². The van der Waals surface area contributed by atoms with Crippen LogP contribution in [0.15, 0.2) is 24.5 Å². The van der Waals surface area contributed by atoms with E-state index < -0.39 is 0 Å². The lowest BCUT2D eigenvalue weighted by atomic mass is 9.78. The van der Waals surface area contributed by atoms with Gasteiger partial charge in [-0.15, -0.1) is 0 Å². The van der Waals surface area contributed by atoms with Crippen LogP contribution in [0.1, 0.15) is 50.5 Å². The van der Waals surface area contributed by atoms with Crippen molar-refractivity contribution in [2.45, 2.75) is 44.9 Å². The summed E-state index contributed by atoms with van der Waals surface area (Å²) in [6, 6.07) is 4.16. The second-order valence-electron chi connectivity index (χ2n) is 5.01. The molecule has 0 unspecified atom stereocenters. The maximum atomic E-state index is 11.4. The van der Waals surface area contributed by atoms with Gasteiger partial charge in [-0.3, -0.25) is 9.78 Å². The van der Waals surface area contributed by atoms with E-state index in [0.717, 1.165) is 25.7 Å². The van der Waals surface area contributed by atoms with Crippen LogP contribution in [0, 0.1) is 5.92 Å². The first kappa shape index (κ1) is 13.1. The van der Waals surface area contributed by atoms with Gasteiger partial charge in [-0.25, -0.2) is 0 Å². The standard InChI is InChI=1S/C15H21NO2/c1-2-18-15(17)10-12-5-7-13(8-6-12)14-4-3-9-16-11-14/h3-4,9,11-13H,2,5-8,10H2,1H3. The van der Waals surface area contributed by atoms with E-state index in [2.05, 4.69) is 11.1 Å². The Labute approximate surface area is 109 Å². The number of ether oxygens (including phenoxy) is 1. The molecule has 3 nitrogen and oxygen atoms in total. The fourth-order valence-electron chi connectivity index (χ4n) is 2.77. The van der Waals surface area contributed by atoms with Crippen molar-refractivity contribution in [1.82, 2.24) is 4.98 Å². The van der Waals surface area contributed by atoms with Crippen LogP contribution in [0.4, 0.5) is 0 Å². The zero-order valence-corrected chi connectivity index (χ0v) is 11.0. The van der Waals surface area contributed by atoms with Gasteiger partial charge in [-0.1, -0.05) is 6.07 Å². The average Bonchev–Trinajstić information content (AvgIpc) is 2.41. The summed E-state index contributed by atoms with van der Waals surface area (Å²) in [6.45, 7) is 2.35. The normalized spacial score (nSPS) is 23.6. The number of rotatable bonds is 4. The van der Waals surface area contributed by atoms with E-state index in [1.807, 2.05) is 25.4 Å². The predicted molar refractivity (Wildman–Crippen MR) is 70.2 cm³/mol. The Morgan fingerprint density at radius 2 is 2.17 bits per heavy atom. The fraction of sp³-hybridized carbons (Fsp3) is 0.600. The van der Waals surface area contributed by atoms with Crippen LogP contribution in [0.3, 0.4) is 0 Å². The Balaban J connectivity index is 1.80. The lowest BCUT2D eigenvalue weighted by Crippen LogP contribution is -2.17. The molecule has 0 saturated heterocycles. The first-order chi connectivity index (χ1) is 8.79. The monoisotopic (exact) mass is 247 g/mol. The van der Waals surface area contributed by atoms with Crippen LogP contribution in [0.5, 0.6) is 0 Å². The highest BCUT2D eigenvalue weighted by molar-refractivity contribution is 5.69. The molecule has 2 rings (SSSR count). The molecule has 1 aromatic heterocycles. The zero-order valence-electron chi connectivity index (χ0n) is 11.0. The van der Waals surface area contributed by atoms with E-state index in [9.17, 15) is 4.79 Å². The van der Waals surface area contributed by atoms with Gasteiger partial charge >= 0.3 is 5.97 Å². The van der Waals surface area contributed by atoms with Gasteiger partial charge in [0, 0.05) is 18.8 Å². The highest BCUT2D eigenvalue weighted by atomic mass is 16.5. The van der Waals surface area contributed by atoms with Crippen LogP contribution in [0.2, 0.25) is 0 Å². The molecule has 0 bridgehead atoms. The van der Waals surface area contributed by atoms with Crippen molar-refractivity contribution in [2.75, 3.05) is 6.61 Å². The summed E-state index contributed by atoms with van der Waals surface area (Å²) in [7, 11) is 0. The molecule has 98 valence electrons. The highest BCUT2D eigenvalue weighted by Crippen LogP contribution is 2.36. The number of hydrogen-bond acceptors (Lipinski definition) is 3. The maximum absolute atomic E-state index is 11.4. The van der Waals surface area contributed by atoms with E-state index >= 15 is 0 Å². The molecule has 1 heterocycles. The van der Waals surface area contributed by atoms with Gasteiger partial charge in [0.2, 0.25) is 0 Å². The van der Waals surface area contributed by atoms with Crippen molar-refractivity contribution >= 4 is 5.97 Å². The number of carbonyl (C=O) groups excluding carboxylic acids is 1. The van der Waals surface area contributed by atoms with E-state index in [1.54, 1.807) is 0 Å². The zero-order chi connectivity index (χ0) is 12.8. The van der Waals surface area contributed by atoms with Gasteiger partial charge in [0.1, 0.15) is 0 Å². The largest absolute Gasteiger partial charge is 0.466 e. The van der Waals surface area contributed by atoms with Gasteiger partial charge in [0.15, 0.2) is 0 Å². The molecule has 1 fully saturated rings. The molecular formula is C15H21NO2. The minimum Gasteiger partial charge on any atom is -0.466 e. The summed E-state index contributed by atoms with van der Waals surface area (Å²) in [4.78, 5) is 15.6. The first-order valence-electron chi connectivity index (χ1n) is 6.85. The van der Waals surface area contributed by atoms with Crippen LogP contribution in [0.25, 0.3) is 0 Å². The minimum absolute atomic E-state index is 0.0395. The summed E-state index contributed by atoms with van der Waals surface area (Å²) in [5.41, 5.74) is 1.34. The smallest absolute Gasteiger partial charge is 0.306 e. The van der Waals surface area contributed by atoms with Crippen LogP contribution in [-0.4, -0.2) is 17.6 Å². The average molecular weight is 247 g/mol. The number of hydrogen-bond donors (Lipinski definition) is 0. The Morgan fingerprint density at radius 1 is 1.39 bits per heavy atom. The summed E-state index contributed by atoms with van der Waals surface area (Å²) in [5.74, 6) is 1.09. The minimum atomic E-state index is -0.0395. The number of nitrogens with zero attached hydrogens (tertiary/aromatic N) is 1.